The third-order valence-corrected chi connectivity index (χ3v) is 8.59. The SMILES string of the molecule is Cc1ccc(S(=O)(=O)N(OC(=O)C(F)(F)F)C23CCC(C#N)(C2)C3)cc1-c1cnc(N)c(-n2cncn2)n1. The Kier molecular flexibility index (Phi) is 5.69. The zero-order chi connectivity index (χ0) is 27.5. The van der Waals surface area contributed by atoms with Crippen LogP contribution in [-0.4, -0.2) is 55.3 Å². The van der Waals surface area contributed by atoms with Gasteiger partial charge in [0.1, 0.15) is 12.7 Å². The van der Waals surface area contributed by atoms with E-state index in [0.29, 0.717) is 5.56 Å². The number of nitrogens with zero attached hydrogens (tertiary/aromatic N) is 7. The number of rotatable bonds is 6. The summed E-state index contributed by atoms with van der Waals surface area (Å²) in [5, 5.41) is 13.4. The highest BCUT2D eigenvalue weighted by Gasteiger charge is 2.68. The van der Waals surface area contributed by atoms with E-state index in [1.165, 1.54) is 41.7 Å². The van der Waals surface area contributed by atoms with Crippen molar-refractivity contribution in [2.24, 2.45) is 5.41 Å². The zero-order valence-electron chi connectivity index (χ0n) is 19.7. The van der Waals surface area contributed by atoms with Crippen LogP contribution in [0.1, 0.15) is 31.2 Å². The monoisotopic (exact) mass is 548 g/mol. The molecule has 1 aromatic carbocycles. The van der Waals surface area contributed by atoms with E-state index in [9.17, 15) is 31.6 Å². The lowest BCUT2D eigenvalue weighted by molar-refractivity contribution is -0.241. The lowest BCUT2D eigenvalue weighted by Crippen LogP contribution is -2.58. The molecule has 3 fully saturated rings. The van der Waals surface area contributed by atoms with Crippen molar-refractivity contribution in [2.75, 3.05) is 5.73 Å². The average molecular weight is 549 g/mol. The Bertz CT molecular complexity index is 1580. The van der Waals surface area contributed by atoms with Crippen LogP contribution in [0.2, 0.25) is 0 Å². The van der Waals surface area contributed by atoms with Crippen molar-refractivity contribution in [1.82, 2.24) is 29.2 Å². The number of halogens is 3. The van der Waals surface area contributed by atoms with E-state index in [-0.39, 0.29) is 53.0 Å². The van der Waals surface area contributed by atoms with Crippen LogP contribution in [0.5, 0.6) is 0 Å². The second-order valence-electron chi connectivity index (χ2n) is 9.36. The van der Waals surface area contributed by atoms with Crippen molar-refractivity contribution in [3.8, 4) is 23.1 Å². The maximum atomic E-state index is 13.7. The van der Waals surface area contributed by atoms with Crippen molar-refractivity contribution in [1.29, 1.82) is 5.26 Å². The van der Waals surface area contributed by atoms with Gasteiger partial charge in [0.05, 0.1) is 33.8 Å². The summed E-state index contributed by atoms with van der Waals surface area (Å²) in [4.78, 5) is 28.2. The van der Waals surface area contributed by atoms with Crippen LogP contribution in [0.25, 0.3) is 17.1 Å². The highest BCUT2D eigenvalue weighted by atomic mass is 32.2. The number of anilines is 1. The molecule has 3 aliphatic rings. The minimum Gasteiger partial charge on any atom is -0.381 e. The first-order valence-corrected chi connectivity index (χ1v) is 12.6. The van der Waals surface area contributed by atoms with Crippen LogP contribution in [0.15, 0.2) is 41.9 Å². The third kappa shape index (κ3) is 4.03. The lowest BCUT2D eigenvalue weighted by atomic mass is 9.66. The van der Waals surface area contributed by atoms with Crippen LogP contribution < -0.4 is 5.73 Å². The van der Waals surface area contributed by atoms with Gasteiger partial charge in [-0.1, -0.05) is 6.07 Å². The Morgan fingerprint density at radius 1 is 1.29 bits per heavy atom. The number of alkyl halides is 3. The molecule has 2 bridgehead atoms. The first-order valence-electron chi connectivity index (χ1n) is 11.1. The first kappa shape index (κ1) is 25.5. The van der Waals surface area contributed by atoms with E-state index in [0.717, 1.165) is 0 Å². The van der Waals surface area contributed by atoms with Crippen molar-refractivity contribution in [2.45, 2.75) is 49.2 Å². The number of nitriles is 1. The summed E-state index contributed by atoms with van der Waals surface area (Å²) in [5.41, 5.74) is 4.63. The van der Waals surface area contributed by atoms with Crippen molar-refractivity contribution in [3.05, 3.63) is 42.6 Å². The van der Waals surface area contributed by atoms with Gasteiger partial charge in [-0.25, -0.2) is 28.2 Å². The van der Waals surface area contributed by atoms with Gasteiger partial charge in [-0.05, 0) is 54.8 Å². The van der Waals surface area contributed by atoms with Gasteiger partial charge in [0.2, 0.25) is 0 Å². The summed E-state index contributed by atoms with van der Waals surface area (Å²) < 4.78 is 68.2. The number of hydroxylamine groups is 1. The molecule has 0 atom stereocenters. The molecule has 12 nitrogen and oxygen atoms in total. The molecule has 0 unspecified atom stereocenters. The quantitative estimate of drug-likeness (QED) is 0.451. The molecule has 2 heterocycles. The Balaban J connectivity index is 1.58. The topological polar surface area (TPSA) is 170 Å². The minimum atomic E-state index is -5.44. The number of aryl methyl sites for hydroxylation is 1. The van der Waals surface area contributed by atoms with Crippen molar-refractivity contribution < 1.29 is 31.2 Å². The van der Waals surface area contributed by atoms with E-state index in [2.05, 4.69) is 31.0 Å². The molecule has 0 amide bonds. The van der Waals surface area contributed by atoms with Crippen LogP contribution in [0.3, 0.4) is 0 Å². The molecule has 2 aromatic heterocycles. The molecule has 16 heteroatoms. The van der Waals surface area contributed by atoms with Gasteiger partial charge in [0.15, 0.2) is 11.6 Å². The smallest absolute Gasteiger partial charge is 0.381 e. The van der Waals surface area contributed by atoms with Gasteiger partial charge in [0.25, 0.3) is 10.0 Å². The molecule has 3 aliphatic carbocycles. The minimum absolute atomic E-state index is 0.0252. The highest BCUT2D eigenvalue weighted by molar-refractivity contribution is 7.89. The third-order valence-electron chi connectivity index (χ3n) is 6.84. The Hall–Kier alpha value is -4.10. The van der Waals surface area contributed by atoms with Crippen molar-refractivity contribution in [3.63, 3.8) is 0 Å². The van der Waals surface area contributed by atoms with Gasteiger partial charge >= 0.3 is 12.1 Å². The number of nitrogen functional groups attached to an aromatic ring is 1. The van der Waals surface area contributed by atoms with Crippen molar-refractivity contribution >= 4 is 21.8 Å². The fraction of sp³-hybridized carbons (Fsp3) is 0.364. The molecule has 0 spiro atoms. The Morgan fingerprint density at radius 2 is 2.03 bits per heavy atom. The first-order chi connectivity index (χ1) is 17.8. The highest BCUT2D eigenvalue weighted by Crippen LogP contribution is 2.64. The molecule has 6 rings (SSSR count). The van der Waals surface area contributed by atoms with E-state index in [4.69, 9.17) is 5.73 Å². The maximum Gasteiger partial charge on any atom is 0.492 e. The summed E-state index contributed by atoms with van der Waals surface area (Å²) in [5.74, 6) is -2.52. The van der Waals surface area contributed by atoms with Crippen LogP contribution >= 0.6 is 0 Å². The number of nitrogens with two attached hydrogens (primary N) is 1. The molecule has 38 heavy (non-hydrogen) atoms. The van der Waals surface area contributed by atoms with Gasteiger partial charge in [-0.2, -0.15) is 28.2 Å². The molecule has 3 saturated carbocycles. The number of benzene rings is 1. The zero-order valence-corrected chi connectivity index (χ0v) is 20.5. The van der Waals surface area contributed by atoms with Crippen LogP contribution in [-0.2, 0) is 19.7 Å². The number of hydrogen-bond donors (Lipinski definition) is 1. The number of aromatic nitrogens is 5. The van der Waals surface area contributed by atoms with Gasteiger partial charge in [0, 0.05) is 5.56 Å². The molecule has 0 saturated heterocycles. The van der Waals surface area contributed by atoms with Crippen LogP contribution in [0.4, 0.5) is 19.0 Å². The van der Waals surface area contributed by atoms with Crippen LogP contribution in [0, 0.1) is 23.7 Å². The summed E-state index contributed by atoms with van der Waals surface area (Å²) in [6.45, 7) is 1.67. The molecule has 0 aliphatic heterocycles. The maximum absolute atomic E-state index is 13.7. The second-order valence-corrected chi connectivity index (χ2v) is 11.1. The summed E-state index contributed by atoms with van der Waals surface area (Å²) in [7, 11) is -4.82. The van der Waals surface area contributed by atoms with Gasteiger partial charge < -0.3 is 10.6 Å². The lowest BCUT2D eigenvalue weighted by Gasteiger charge is -2.47. The largest absolute Gasteiger partial charge is 0.492 e. The van der Waals surface area contributed by atoms with E-state index in [1.54, 1.807) is 6.92 Å². The number of hydrogen-bond acceptors (Lipinski definition) is 10. The Labute approximate surface area is 213 Å². The van der Waals surface area contributed by atoms with E-state index < -0.39 is 38.0 Å². The molecule has 3 aromatic rings. The molecular weight excluding hydrogens is 529 g/mol. The summed E-state index contributed by atoms with van der Waals surface area (Å²) in [6.07, 6.45) is -1.31. The number of carbonyl (C=O) groups is 1. The predicted octanol–water partition coefficient (Wildman–Crippen LogP) is 2.46. The van der Waals surface area contributed by atoms with Gasteiger partial charge in [-0.15, -0.1) is 0 Å². The summed E-state index contributed by atoms with van der Waals surface area (Å²) >= 11 is 0. The fourth-order valence-electron chi connectivity index (χ4n) is 5.05. The molecular formula is C22H19F3N8O4S. The Morgan fingerprint density at radius 3 is 2.63 bits per heavy atom. The molecule has 2 N–H and O–H groups in total. The standard InChI is InChI=1S/C22H19F3N8O4S/c1-13-2-3-14(6-15(13)16-7-29-17(27)18(31-16)32-12-28-11-30-32)38(35,36)33(37-19(34)22(23,24)25)21-5-4-20(8-21,9-21)10-26/h2-3,6-7,11-12H,4-5,8-9H2,1H3,(H2,27,29). The predicted molar refractivity (Wildman–Crippen MR) is 122 cm³/mol. The van der Waals surface area contributed by atoms with Gasteiger partial charge in [-0.3, -0.25) is 0 Å². The van der Waals surface area contributed by atoms with E-state index >= 15 is 0 Å². The van der Waals surface area contributed by atoms with E-state index in [1.807, 2.05) is 0 Å². The normalized spacial score (nSPS) is 22.6. The molecule has 0 radical (unpaired) electrons. The number of carbonyl (C=O) groups excluding carboxylic acids is 1. The summed E-state index contributed by atoms with van der Waals surface area (Å²) in [6, 6.07) is 5.92. The molecule has 198 valence electrons. The average Bonchev–Trinajstić information content (AvgIpc) is 3.58. The second kappa shape index (κ2) is 8.46. The number of sulfonamides is 1. The fourth-order valence-corrected chi connectivity index (χ4v) is 6.65. The number of fused-ring (bicyclic) bond motifs is 1.